The zero-order chi connectivity index (χ0) is 13.2. The maximum absolute atomic E-state index is 6.32. The Labute approximate surface area is 116 Å². The number of aryl methyl sites for hydroxylation is 1. The van der Waals surface area contributed by atoms with Crippen LogP contribution in [0.25, 0.3) is 10.1 Å². The SMILES string of the molecule is Cc1cc(C(N)Cc2csc3ccccc23)ccn1. The Balaban J connectivity index is 1.89. The Hall–Kier alpha value is -1.71. The zero-order valence-electron chi connectivity index (χ0n) is 10.8. The number of benzene rings is 1. The van der Waals surface area contributed by atoms with E-state index in [0.29, 0.717) is 0 Å². The van der Waals surface area contributed by atoms with Crippen LogP contribution >= 0.6 is 11.3 Å². The Morgan fingerprint density at radius 2 is 2.11 bits per heavy atom. The van der Waals surface area contributed by atoms with E-state index in [0.717, 1.165) is 17.7 Å². The summed E-state index contributed by atoms with van der Waals surface area (Å²) in [7, 11) is 0. The molecule has 0 bridgehead atoms. The van der Waals surface area contributed by atoms with Crippen molar-refractivity contribution in [1.29, 1.82) is 0 Å². The van der Waals surface area contributed by atoms with Crippen molar-refractivity contribution in [3.8, 4) is 0 Å². The molecule has 2 nitrogen and oxygen atoms in total. The van der Waals surface area contributed by atoms with Crippen LogP contribution in [0.3, 0.4) is 0 Å². The first kappa shape index (κ1) is 12.3. The molecule has 3 heteroatoms. The van der Waals surface area contributed by atoms with Crippen molar-refractivity contribution < 1.29 is 0 Å². The number of aromatic nitrogens is 1. The van der Waals surface area contributed by atoms with Crippen molar-refractivity contribution in [1.82, 2.24) is 4.98 Å². The lowest BCUT2D eigenvalue weighted by atomic mass is 9.99. The molecule has 0 aliphatic carbocycles. The molecule has 0 aliphatic heterocycles. The quantitative estimate of drug-likeness (QED) is 0.783. The molecule has 1 aromatic carbocycles. The average molecular weight is 268 g/mol. The lowest BCUT2D eigenvalue weighted by Gasteiger charge is -2.12. The second-order valence-corrected chi connectivity index (χ2v) is 5.71. The summed E-state index contributed by atoms with van der Waals surface area (Å²) in [6, 6.07) is 12.6. The summed E-state index contributed by atoms with van der Waals surface area (Å²) < 4.78 is 1.33. The van der Waals surface area contributed by atoms with E-state index in [2.05, 4.69) is 40.7 Å². The zero-order valence-corrected chi connectivity index (χ0v) is 11.7. The highest BCUT2D eigenvalue weighted by atomic mass is 32.1. The van der Waals surface area contributed by atoms with Gasteiger partial charge in [0.2, 0.25) is 0 Å². The van der Waals surface area contributed by atoms with E-state index < -0.39 is 0 Å². The van der Waals surface area contributed by atoms with Gasteiger partial charge in [-0.05, 0) is 53.4 Å². The molecule has 0 spiro atoms. The first-order valence-electron chi connectivity index (χ1n) is 6.37. The van der Waals surface area contributed by atoms with Crippen LogP contribution in [0.1, 0.15) is 22.9 Å². The minimum atomic E-state index is 0.0275. The number of rotatable bonds is 3. The standard InChI is InChI=1S/C16H16N2S/c1-11-8-12(6-7-18-11)15(17)9-13-10-19-16-5-3-2-4-14(13)16/h2-8,10,15H,9,17H2,1H3. The van der Waals surface area contributed by atoms with Crippen LogP contribution in [0.4, 0.5) is 0 Å². The molecule has 0 aliphatic rings. The minimum absolute atomic E-state index is 0.0275. The molecule has 0 amide bonds. The Kier molecular flexibility index (Phi) is 3.32. The van der Waals surface area contributed by atoms with Gasteiger partial charge < -0.3 is 5.73 Å². The fraction of sp³-hybridized carbons (Fsp3) is 0.188. The summed E-state index contributed by atoms with van der Waals surface area (Å²) in [5.41, 5.74) is 9.83. The van der Waals surface area contributed by atoms with Crippen LogP contribution in [0, 0.1) is 6.92 Å². The topological polar surface area (TPSA) is 38.9 Å². The van der Waals surface area contributed by atoms with Crippen molar-refractivity contribution in [2.75, 3.05) is 0 Å². The Morgan fingerprint density at radius 1 is 1.26 bits per heavy atom. The predicted molar refractivity (Wildman–Crippen MR) is 81.4 cm³/mol. The summed E-state index contributed by atoms with van der Waals surface area (Å²) in [6.45, 7) is 2.00. The van der Waals surface area contributed by atoms with Gasteiger partial charge in [-0.1, -0.05) is 18.2 Å². The number of hydrogen-bond acceptors (Lipinski definition) is 3. The van der Waals surface area contributed by atoms with E-state index in [1.165, 1.54) is 15.6 Å². The van der Waals surface area contributed by atoms with Gasteiger partial charge >= 0.3 is 0 Å². The summed E-state index contributed by atoms with van der Waals surface area (Å²) in [5, 5.41) is 3.55. The molecule has 0 fully saturated rings. The van der Waals surface area contributed by atoms with Gasteiger partial charge in [-0.15, -0.1) is 11.3 Å². The van der Waals surface area contributed by atoms with E-state index in [9.17, 15) is 0 Å². The smallest absolute Gasteiger partial charge is 0.0375 e. The maximum atomic E-state index is 6.32. The third-order valence-corrected chi connectivity index (χ3v) is 4.36. The molecule has 0 saturated carbocycles. The number of fused-ring (bicyclic) bond motifs is 1. The second-order valence-electron chi connectivity index (χ2n) is 4.80. The highest BCUT2D eigenvalue weighted by Gasteiger charge is 2.11. The molecule has 3 rings (SSSR count). The van der Waals surface area contributed by atoms with Crippen molar-refractivity contribution in [3.05, 3.63) is 64.8 Å². The van der Waals surface area contributed by atoms with E-state index in [1.807, 2.05) is 19.2 Å². The molecule has 3 aromatic rings. The highest BCUT2D eigenvalue weighted by molar-refractivity contribution is 7.17. The number of pyridine rings is 1. The van der Waals surface area contributed by atoms with E-state index in [4.69, 9.17) is 5.73 Å². The van der Waals surface area contributed by atoms with Crippen LogP contribution in [-0.4, -0.2) is 4.98 Å². The van der Waals surface area contributed by atoms with Gasteiger partial charge in [0.05, 0.1) is 0 Å². The van der Waals surface area contributed by atoms with Gasteiger partial charge in [-0.3, -0.25) is 4.98 Å². The van der Waals surface area contributed by atoms with Crippen molar-refractivity contribution in [2.24, 2.45) is 5.73 Å². The summed E-state index contributed by atoms with van der Waals surface area (Å²) in [5.74, 6) is 0. The summed E-state index contributed by atoms with van der Waals surface area (Å²) in [4.78, 5) is 4.22. The lowest BCUT2D eigenvalue weighted by Crippen LogP contribution is -2.13. The van der Waals surface area contributed by atoms with Crippen molar-refractivity contribution in [3.63, 3.8) is 0 Å². The van der Waals surface area contributed by atoms with Crippen LogP contribution in [0.15, 0.2) is 48.0 Å². The second kappa shape index (κ2) is 5.11. The van der Waals surface area contributed by atoms with Gasteiger partial charge in [-0.2, -0.15) is 0 Å². The van der Waals surface area contributed by atoms with E-state index >= 15 is 0 Å². The molecule has 2 aromatic heterocycles. The largest absolute Gasteiger partial charge is 0.324 e. The Bertz CT molecular complexity index is 703. The first-order chi connectivity index (χ1) is 9.24. The van der Waals surface area contributed by atoms with Gasteiger partial charge in [0.1, 0.15) is 0 Å². The molecular weight excluding hydrogens is 252 g/mol. The predicted octanol–water partition coefficient (Wildman–Crippen LogP) is 3.85. The van der Waals surface area contributed by atoms with Gasteiger partial charge in [0.25, 0.3) is 0 Å². The fourth-order valence-corrected chi connectivity index (χ4v) is 3.32. The summed E-state index contributed by atoms with van der Waals surface area (Å²) in [6.07, 6.45) is 2.70. The molecule has 2 heterocycles. The van der Waals surface area contributed by atoms with Crippen LogP contribution in [0.5, 0.6) is 0 Å². The van der Waals surface area contributed by atoms with Gasteiger partial charge in [0, 0.05) is 22.6 Å². The van der Waals surface area contributed by atoms with E-state index in [1.54, 1.807) is 11.3 Å². The molecule has 1 unspecified atom stereocenters. The molecule has 19 heavy (non-hydrogen) atoms. The molecule has 0 saturated heterocycles. The van der Waals surface area contributed by atoms with E-state index in [-0.39, 0.29) is 6.04 Å². The first-order valence-corrected chi connectivity index (χ1v) is 7.25. The molecule has 2 N–H and O–H groups in total. The number of thiophene rings is 1. The van der Waals surface area contributed by atoms with Crippen LogP contribution in [0.2, 0.25) is 0 Å². The fourth-order valence-electron chi connectivity index (χ4n) is 2.34. The summed E-state index contributed by atoms with van der Waals surface area (Å²) >= 11 is 1.79. The lowest BCUT2D eigenvalue weighted by molar-refractivity contribution is 0.724. The van der Waals surface area contributed by atoms with Crippen LogP contribution in [-0.2, 0) is 6.42 Å². The molecule has 96 valence electrons. The third-order valence-electron chi connectivity index (χ3n) is 3.35. The number of nitrogens with two attached hydrogens (primary N) is 1. The minimum Gasteiger partial charge on any atom is -0.324 e. The monoisotopic (exact) mass is 268 g/mol. The molecule has 1 atom stereocenters. The highest BCUT2D eigenvalue weighted by Crippen LogP contribution is 2.28. The Morgan fingerprint density at radius 3 is 2.95 bits per heavy atom. The van der Waals surface area contributed by atoms with Crippen molar-refractivity contribution >= 4 is 21.4 Å². The average Bonchev–Trinajstić information content (AvgIpc) is 2.82. The number of nitrogens with zero attached hydrogens (tertiary/aromatic N) is 1. The van der Waals surface area contributed by atoms with Crippen molar-refractivity contribution in [2.45, 2.75) is 19.4 Å². The van der Waals surface area contributed by atoms with Gasteiger partial charge in [0.15, 0.2) is 0 Å². The number of hydrogen-bond donors (Lipinski definition) is 1. The maximum Gasteiger partial charge on any atom is 0.0375 e. The normalized spacial score (nSPS) is 12.7. The molecule has 0 radical (unpaired) electrons. The van der Waals surface area contributed by atoms with Crippen LogP contribution < -0.4 is 5.73 Å². The third kappa shape index (κ3) is 2.53. The van der Waals surface area contributed by atoms with Gasteiger partial charge in [-0.25, -0.2) is 0 Å². The molecular formula is C16H16N2S.